The van der Waals surface area contributed by atoms with E-state index < -0.39 is 16.4 Å². The standard InChI is InChI=1S/C13H17FN2O3/c1-15-6-2-3-10(8-15)9-19-11-4-5-13(16(17)18)12(14)7-11/h4-5,7,10H,2-3,6,8-9H2,1H3. The van der Waals surface area contributed by atoms with Crippen molar-refractivity contribution >= 4 is 5.69 Å². The number of ether oxygens (including phenoxy) is 1. The fourth-order valence-electron chi connectivity index (χ4n) is 2.35. The Morgan fingerprint density at radius 2 is 2.37 bits per heavy atom. The quantitative estimate of drug-likeness (QED) is 0.621. The molecule has 0 radical (unpaired) electrons. The van der Waals surface area contributed by atoms with E-state index in [0.717, 1.165) is 38.1 Å². The molecule has 0 bridgehead atoms. The van der Waals surface area contributed by atoms with Crippen molar-refractivity contribution < 1.29 is 14.1 Å². The van der Waals surface area contributed by atoms with Gasteiger partial charge in [0.15, 0.2) is 0 Å². The Hall–Kier alpha value is -1.69. The predicted molar refractivity (Wildman–Crippen MR) is 68.8 cm³/mol. The van der Waals surface area contributed by atoms with Crippen LogP contribution in [0, 0.1) is 21.8 Å². The highest BCUT2D eigenvalue weighted by molar-refractivity contribution is 5.37. The number of benzene rings is 1. The van der Waals surface area contributed by atoms with Crippen LogP contribution in [0.15, 0.2) is 18.2 Å². The van der Waals surface area contributed by atoms with E-state index in [2.05, 4.69) is 11.9 Å². The lowest BCUT2D eigenvalue weighted by molar-refractivity contribution is -0.387. The average molecular weight is 268 g/mol. The first-order chi connectivity index (χ1) is 9.06. The zero-order valence-corrected chi connectivity index (χ0v) is 10.8. The highest BCUT2D eigenvalue weighted by Gasteiger charge is 2.19. The summed E-state index contributed by atoms with van der Waals surface area (Å²) in [5.74, 6) is -0.0865. The molecule has 1 unspecified atom stereocenters. The van der Waals surface area contributed by atoms with Crippen molar-refractivity contribution in [3.05, 3.63) is 34.1 Å². The molecule has 6 heteroatoms. The molecule has 1 aromatic rings. The molecule has 0 N–H and O–H groups in total. The van der Waals surface area contributed by atoms with Crippen LogP contribution in [-0.2, 0) is 0 Å². The van der Waals surface area contributed by atoms with Gasteiger partial charge in [0.1, 0.15) is 5.75 Å². The molecular weight excluding hydrogens is 251 g/mol. The molecule has 1 aliphatic rings. The lowest BCUT2D eigenvalue weighted by Crippen LogP contribution is -2.34. The van der Waals surface area contributed by atoms with Crippen molar-refractivity contribution in [1.29, 1.82) is 0 Å². The monoisotopic (exact) mass is 268 g/mol. The maximum Gasteiger partial charge on any atom is 0.305 e. The van der Waals surface area contributed by atoms with Gasteiger partial charge in [0.2, 0.25) is 5.82 Å². The number of rotatable bonds is 4. The van der Waals surface area contributed by atoms with Crippen LogP contribution in [0.5, 0.6) is 5.75 Å². The van der Waals surface area contributed by atoms with Crippen LogP contribution >= 0.6 is 0 Å². The number of nitro benzene ring substituents is 1. The second kappa shape index (κ2) is 5.97. The van der Waals surface area contributed by atoms with Gasteiger partial charge >= 0.3 is 5.69 Å². The number of nitrogens with zero attached hydrogens (tertiary/aromatic N) is 2. The summed E-state index contributed by atoms with van der Waals surface area (Å²) in [4.78, 5) is 12.0. The highest BCUT2D eigenvalue weighted by atomic mass is 19.1. The molecule has 0 saturated carbocycles. The first-order valence-electron chi connectivity index (χ1n) is 6.31. The lowest BCUT2D eigenvalue weighted by Gasteiger charge is -2.29. The van der Waals surface area contributed by atoms with E-state index in [0.29, 0.717) is 18.3 Å². The summed E-state index contributed by atoms with van der Waals surface area (Å²) in [6.07, 6.45) is 2.24. The van der Waals surface area contributed by atoms with E-state index in [1.807, 2.05) is 0 Å². The van der Waals surface area contributed by atoms with E-state index >= 15 is 0 Å². The van der Waals surface area contributed by atoms with Gasteiger partial charge in [-0.3, -0.25) is 10.1 Å². The van der Waals surface area contributed by atoms with Crippen LogP contribution in [-0.4, -0.2) is 36.6 Å². The molecule has 1 fully saturated rings. The van der Waals surface area contributed by atoms with Crippen LogP contribution in [0.3, 0.4) is 0 Å². The summed E-state index contributed by atoms with van der Waals surface area (Å²) in [5.41, 5.74) is -0.523. The fourth-order valence-corrected chi connectivity index (χ4v) is 2.35. The predicted octanol–water partition coefficient (Wildman–Crippen LogP) is 2.45. The number of nitro groups is 1. The van der Waals surface area contributed by atoms with Gasteiger partial charge in [0.25, 0.3) is 0 Å². The lowest BCUT2D eigenvalue weighted by atomic mass is 10.00. The molecule has 1 atom stereocenters. The molecule has 2 rings (SSSR count). The molecule has 1 heterocycles. The number of hydrogen-bond acceptors (Lipinski definition) is 4. The molecule has 0 spiro atoms. The van der Waals surface area contributed by atoms with Gasteiger partial charge in [-0.1, -0.05) is 0 Å². The third-order valence-electron chi connectivity index (χ3n) is 3.32. The number of hydrogen-bond donors (Lipinski definition) is 0. The van der Waals surface area contributed by atoms with Gasteiger partial charge in [-0.15, -0.1) is 0 Å². The van der Waals surface area contributed by atoms with Gasteiger partial charge in [-0.05, 0) is 32.5 Å². The van der Waals surface area contributed by atoms with Crippen LogP contribution in [0.2, 0.25) is 0 Å². The molecule has 0 amide bonds. The Morgan fingerprint density at radius 3 is 3.00 bits per heavy atom. The van der Waals surface area contributed by atoms with E-state index in [9.17, 15) is 14.5 Å². The third-order valence-corrected chi connectivity index (χ3v) is 3.32. The summed E-state index contributed by atoms with van der Waals surface area (Å²) < 4.78 is 18.9. The second-order valence-electron chi connectivity index (χ2n) is 4.95. The van der Waals surface area contributed by atoms with Gasteiger partial charge in [0.05, 0.1) is 11.5 Å². The minimum absolute atomic E-state index is 0.344. The zero-order valence-electron chi connectivity index (χ0n) is 10.8. The van der Waals surface area contributed by atoms with Gasteiger partial charge in [-0.25, -0.2) is 0 Å². The Labute approximate surface area is 111 Å². The Bertz CT molecular complexity index is 467. The third kappa shape index (κ3) is 3.64. The maximum absolute atomic E-state index is 13.4. The summed E-state index contributed by atoms with van der Waals surface area (Å²) in [5, 5.41) is 10.5. The van der Waals surface area contributed by atoms with Crippen LogP contribution < -0.4 is 4.74 Å². The normalized spacial score (nSPS) is 20.2. The molecule has 0 aromatic heterocycles. The Morgan fingerprint density at radius 1 is 1.58 bits per heavy atom. The SMILES string of the molecule is CN1CCCC(COc2ccc([N+](=O)[O-])c(F)c2)C1. The van der Waals surface area contributed by atoms with Crippen molar-refractivity contribution in [1.82, 2.24) is 4.90 Å². The Kier molecular flexibility index (Phi) is 4.31. The van der Waals surface area contributed by atoms with Crippen molar-refractivity contribution in [3.8, 4) is 5.75 Å². The molecule has 104 valence electrons. The Balaban J connectivity index is 1.92. The number of halogens is 1. The maximum atomic E-state index is 13.4. The van der Waals surface area contributed by atoms with E-state index in [1.165, 1.54) is 6.07 Å². The van der Waals surface area contributed by atoms with Crippen molar-refractivity contribution in [2.75, 3.05) is 26.7 Å². The summed E-state index contributed by atoms with van der Waals surface area (Å²) in [7, 11) is 2.07. The minimum Gasteiger partial charge on any atom is -0.493 e. The number of piperidine rings is 1. The molecule has 19 heavy (non-hydrogen) atoms. The highest BCUT2D eigenvalue weighted by Crippen LogP contribution is 2.23. The number of likely N-dealkylation sites (tertiary alicyclic amines) is 1. The summed E-state index contributed by atoms with van der Waals surface area (Å²) in [6.45, 7) is 2.58. The second-order valence-corrected chi connectivity index (χ2v) is 4.95. The van der Waals surface area contributed by atoms with Crippen molar-refractivity contribution in [2.45, 2.75) is 12.8 Å². The molecule has 1 aromatic carbocycles. The molecule has 5 nitrogen and oxygen atoms in total. The van der Waals surface area contributed by atoms with Crippen LogP contribution in [0.1, 0.15) is 12.8 Å². The zero-order chi connectivity index (χ0) is 13.8. The summed E-state index contributed by atoms with van der Waals surface area (Å²) >= 11 is 0. The first-order valence-corrected chi connectivity index (χ1v) is 6.31. The molecule has 1 saturated heterocycles. The average Bonchev–Trinajstić information content (AvgIpc) is 2.36. The summed E-state index contributed by atoms with van der Waals surface area (Å²) in [6, 6.07) is 3.65. The van der Waals surface area contributed by atoms with Crippen LogP contribution in [0.25, 0.3) is 0 Å². The molecule has 0 aliphatic carbocycles. The van der Waals surface area contributed by atoms with Crippen molar-refractivity contribution in [2.24, 2.45) is 5.92 Å². The largest absolute Gasteiger partial charge is 0.493 e. The van der Waals surface area contributed by atoms with Gasteiger partial charge in [0, 0.05) is 24.6 Å². The van der Waals surface area contributed by atoms with Gasteiger partial charge < -0.3 is 9.64 Å². The fraction of sp³-hybridized carbons (Fsp3) is 0.538. The first kappa shape index (κ1) is 13.7. The van der Waals surface area contributed by atoms with E-state index in [1.54, 1.807) is 0 Å². The topological polar surface area (TPSA) is 55.6 Å². The van der Waals surface area contributed by atoms with Crippen LogP contribution in [0.4, 0.5) is 10.1 Å². The smallest absolute Gasteiger partial charge is 0.305 e. The minimum atomic E-state index is -0.858. The van der Waals surface area contributed by atoms with E-state index in [4.69, 9.17) is 4.74 Å². The van der Waals surface area contributed by atoms with E-state index in [-0.39, 0.29) is 0 Å². The van der Waals surface area contributed by atoms with Crippen molar-refractivity contribution in [3.63, 3.8) is 0 Å². The molecular formula is C13H17FN2O3. The van der Waals surface area contributed by atoms with Gasteiger partial charge in [-0.2, -0.15) is 4.39 Å². The molecule has 1 aliphatic heterocycles.